The molecule has 0 fully saturated rings. The summed E-state index contributed by atoms with van der Waals surface area (Å²) < 4.78 is 54.4. The molecule has 0 heterocycles. The second kappa shape index (κ2) is 9.21. The van der Waals surface area contributed by atoms with Crippen LogP contribution in [0.25, 0.3) is 0 Å². The van der Waals surface area contributed by atoms with Crippen LogP contribution in [0, 0.1) is 0 Å². The second-order valence-electron chi connectivity index (χ2n) is 6.50. The number of anilines is 1. The van der Waals surface area contributed by atoms with Crippen LogP contribution in [0.5, 0.6) is 0 Å². The largest absolute Gasteiger partial charge is 0.283 e. The van der Waals surface area contributed by atoms with Gasteiger partial charge < -0.3 is 0 Å². The van der Waals surface area contributed by atoms with Crippen LogP contribution in [0.2, 0.25) is 0 Å². The molecule has 2 N–H and O–H groups in total. The number of rotatable bonds is 9. The molecule has 8 heteroatoms. The van der Waals surface area contributed by atoms with Gasteiger partial charge >= 0.3 is 0 Å². The minimum Gasteiger partial charge on any atom is -0.283 e. The van der Waals surface area contributed by atoms with Gasteiger partial charge in [0.15, 0.2) is 0 Å². The molecule has 0 saturated heterocycles. The van der Waals surface area contributed by atoms with Gasteiger partial charge in [-0.2, -0.15) is 0 Å². The van der Waals surface area contributed by atoms with Crippen LogP contribution in [0.1, 0.15) is 11.1 Å². The highest BCUT2D eigenvalue weighted by atomic mass is 32.2. The van der Waals surface area contributed by atoms with E-state index in [9.17, 15) is 16.8 Å². The quantitative estimate of drug-likeness (QED) is 0.545. The summed E-state index contributed by atoms with van der Waals surface area (Å²) in [7, 11) is -7.26. The molecule has 0 atom stereocenters. The van der Waals surface area contributed by atoms with E-state index in [-0.39, 0.29) is 17.2 Å². The Morgan fingerprint density at radius 2 is 1.21 bits per heavy atom. The molecule has 0 aliphatic heterocycles. The first-order valence-electron chi connectivity index (χ1n) is 9.02. The number of hydrogen-bond donors (Lipinski definition) is 2. The van der Waals surface area contributed by atoms with Crippen molar-refractivity contribution in [2.45, 2.75) is 17.1 Å². The smallest absolute Gasteiger partial charge is 0.240 e. The van der Waals surface area contributed by atoms with Crippen molar-refractivity contribution in [2.75, 3.05) is 11.3 Å². The molecule has 0 bridgehead atoms. The third kappa shape index (κ3) is 6.42. The molecule has 0 radical (unpaired) electrons. The van der Waals surface area contributed by atoms with Crippen LogP contribution in [0.4, 0.5) is 5.69 Å². The summed E-state index contributed by atoms with van der Waals surface area (Å²) in [5, 5.41) is 0. The third-order valence-electron chi connectivity index (χ3n) is 4.19. The standard InChI is InChI=1S/C21H22N2O4S2/c24-28(25,17-19-9-5-2-6-10-19)23-20-11-13-21(14-12-20)29(26,27)22-16-15-18-7-3-1-4-8-18/h1-14,22-23H,15-17H2. The second-order valence-corrected chi connectivity index (χ2v) is 9.99. The molecule has 152 valence electrons. The summed E-state index contributed by atoms with van der Waals surface area (Å²) in [6, 6.07) is 24.0. The van der Waals surface area contributed by atoms with Crippen molar-refractivity contribution in [3.8, 4) is 0 Å². The summed E-state index contributed by atoms with van der Waals surface area (Å²) in [5.74, 6) is -0.158. The van der Waals surface area contributed by atoms with Gasteiger partial charge in [-0.05, 0) is 41.8 Å². The predicted molar refractivity (Wildman–Crippen MR) is 114 cm³/mol. The molecular formula is C21H22N2O4S2. The van der Waals surface area contributed by atoms with Gasteiger partial charge in [0.25, 0.3) is 0 Å². The summed E-state index contributed by atoms with van der Waals surface area (Å²) >= 11 is 0. The Hall–Kier alpha value is -2.68. The van der Waals surface area contributed by atoms with Crippen molar-refractivity contribution in [1.29, 1.82) is 0 Å². The van der Waals surface area contributed by atoms with Crippen molar-refractivity contribution in [2.24, 2.45) is 0 Å². The fourth-order valence-electron chi connectivity index (χ4n) is 2.77. The Morgan fingerprint density at radius 3 is 1.79 bits per heavy atom. The van der Waals surface area contributed by atoms with E-state index in [0.717, 1.165) is 5.56 Å². The van der Waals surface area contributed by atoms with Crippen molar-refractivity contribution in [1.82, 2.24) is 4.72 Å². The molecular weight excluding hydrogens is 408 g/mol. The molecule has 3 rings (SSSR count). The first-order valence-corrected chi connectivity index (χ1v) is 12.2. The molecule has 0 saturated carbocycles. The highest BCUT2D eigenvalue weighted by Gasteiger charge is 2.15. The molecule has 0 aliphatic rings. The predicted octanol–water partition coefficient (Wildman–Crippen LogP) is 3.15. The highest BCUT2D eigenvalue weighted by Crippen LogP contribution is 2.17. The zero-order valence-corrected chi connectivity index (χ0v) is 17.3. The van der Waals surface area contributed by atoms with Gasteiger partial charge in [-0.15, -0.1) is 0 Å². The topological polar surface area (TPSA) is 92.3 Å². The first-order chi connectivity index (χ1) is 13.8. The van der Waals surface area contributed by atoms with Gasteiger partial charge in [-0.25, -0.2) is 21.6 Å². The Morgan fingerprint density at radius 1 is 0.655 bits per heavy atom. The zero-order chi connectivity index (χ0) is 20.7. The normalized spacial score (nSPS) is 11.9. The average Bonchev–Trinajstić information content (AvgIpc) is 2.69. The summed E-state index contributed by atoms with van der Waals surface area (Å²) in [6.45, 7) is 0.276. The lowest BCUT2D eigenvalue weighted by Crippen LogP contribution is -2.26. The minimum atomic E-state index is -3.67. The van der Waals surface area contributed by atoms with Crippen LogP contribution in [0.15, 0.2) is 89.8 Å². The van der Waals surface area contributed by atoms with Crippen LogP contribution in [0.3, 0.4) is 0 Å². The van der Waals surface area contributed by atoms with E-state index in [1.165, 1.54) is 24.3 Å². The maximum absolute atomic E-state index is 12.4. The van der Waals surface area contributed by atoms with Crippen LogP contribution < -0.4 is 9.44 Å². The van der Waals surface area contributed by atoms with Gasteiger partial charge in [0.05, 0.1) is 10.6 Å². The molecule has 3 aromatic carbocycles. The van der Waals surface area contributed by atoms with E-state index in [4.69, 9.17) is 0 Å². The van der Waals surface area contributed by atoms with Gasteiger partial charge in [0, 0.05) is 12.2 Å². The molecule has 0 amide bonds. The third-order valence-corrected chi connectivity index (χ3v) is 6.92. The average molecular weight is 431 g/mol. The van der Waals surface area contributed by atoms with Gasteiger partial charge in [-0.1, -0.05) is 60.7 Å². The van der Waals surface area contributed by atoms with E-state index in [2.05, 4.69) is 9.44 Å². The van der Waals surface area contributed by atoms with Crippen molar-refractivity contribution < 1.29 is 16.8 Å². The van der Waals surface area contributed by atoms with Gasteiger partial charge in [-0.3, -0.25) is 4.72 Å². The fraction of sp³-hybridized carbons (Fsp3) is 0.143. The van der Waals surface area contributed by atoms with Gasteiger partial charge in [0.1, 0.15) is 0 Å². The molecule has 3 aromatic rings. The van der Waals surface area contributed by atoms with Crippen LogP contribution in [-0.2, 0) is 32.2 Å². The van der Waals surface area contributed by atoms with E-state index in [0.29, 0.717) is 17.7 Å². The van der Waals surface area contributed by atoms with Crippen molar-refractivity contribution in [3.63, 3.8) is 0 Å². The lowest BCUT2D eigenvalue weighted by Gasteiger charge is -2.10. The zero-order valence-electron chi connectivity index (χ0n) is 15.7. The monoisotopic (exact) mass is 430 g/mol. The maximum atomic E-state index is 12.4. The SMILES string of the molecule is O=S(=O)(Cc1ccccc1)Nc1ccc(S(=O)(=O)NCCc2ccccc2)cc1. The van der Waals surface area contributed by atoms with E-state index >= 15 is 0 Å². The summed E-state index contributed by atoms with van der Waals surface area (Å²) in [4.78, 5) is 0.0802. The van der Waals surface area contributed by atoms with Crippen molar-refractivity contribution in [3.05, 3.63) is 96.1 Å². The molecule has 29 heavy (non-hydrogen) atoms. The Balaban J connectivity index is 1.60. The lowest BCUT2D eigenvalue weighted by atomic mass is 10.2. The number of sulfonamides is 2. The molecule has 0 aliphatic carbocycles. The van der Waals surface area contributed by atoms with E-state index in [1.54, 1.807) is 24.3 Å². The van der Waals surface area contributed by atoms with Crippen LogP contribution in [-0.4, -0.2) is 23.4 Å². The highest BCUT2D eigenvalue weighted by molar-refractivity contribution is 7.92. The number of nitrogens with one attached hydrogen (secondary N) is 2. The Labute approximate surface area is 171 Å². The fourth-order valence-corrected chi connectivity index (χ4v) is 5.00. The minimum absolute atomic E-state index is 0.0802. The van der Waals surface area contributed by atoms with E-state index < -0.39 is 20.0 Å². The summed E-state index contributed by atoms with van der Waals surface area (Å²) in [5.41, 5.74) is 2.02. The molecule has 0 unspecified atom stereocenters. The Bertz CT molecular complexity index is 1130. The first kappa shape index (κ1) is 21.0. The summed E-state index contributed by atoms with van der Waals surface area (Å²) in [6.07, 6.45) is 0.581. The maximum Gasteiger partial charge on any atom is 0.240 e. The molecule has 6 nitrogen and oxygen atoms in total. The number of hydrogen-bond acceptors (Lipinski definition) is 4. The lowest BCUT2D eigenvalue weighted by molar-refractivity contribution is 0.581. The molecule has 0 spiro atoms. The van der Waals surface area contributed by atoms with Crippen LogP contribution >= 0.6 is 0 Å². The van der Waals surface area contributed by atoms with Gasteiger partial charge in [0.2, 0.25) is 20.0 Å². The number of benzene rings is 3. The van der Waals surface area contributed by atoms with E-state index in [1.807, 2.05) is 36.4 Å². The Kier molecular flexibility index (Phi) is 6.68. The molecule has 0 aromatic heterocycles. The van der Waals surface area contributed by atoms with Crippen molar-refractivity contribution >= 4 is 25.7 Å².